The van der Waals surface area contributed by atoms with E-state index in [0.29, 0.717) is 17.4 Å². The van der Waals surface area contributed by atoms with E-state index in [2.05, 4.69) is 10.3 Å². The highest BCUT2D eigenvalue weighted by atomic mass is 32.1. The van der Waals surface area contributed by atoms with E-state index in [4.69, 9.17) is 21.7 Å². The van der Waals surface area contributed by atoms with Gasteiger partial charge in [-0.3, -0.25) is 4.79 Å². The summed E-state index contributed by atoms with van der Waals surface area (Å²) in [4.78, 5) is 17.2. The van der Waals surface area contributed by atoms with Crippen LogP contribution in [-0.4, -0.2) is 30.5 Å². The minimum Gasteiger partial charge on any atom is -0.497 e. The fourth-order valence-corrected chi connectivity index (χ4v) is 3.23. The van der Waals surface area contributed by atoms with Crippen LogP contribution in [0.1, 0.15) is 24.1 Å². The molecule has 0 saturated heterocycles. The van der Waals surface area contributed by atoms with Crippen molar-refractivity contribution >= 4 is 29.0 Å². The molecule has 2 aromatic rings. The molecule has 1 heterocycles. The third-order valence-corrected chi connectivity index (χ3v) is 4.42. The second kappa shape index (κ2) is 8.10. The van der Waals surface area contributed by atoms with E-state index in [1.54, 1.807) is 14.0 Å². The van der Waals surface area contributed by atoms with Gasteiger partial charge in [-0.1, -0.05) is 42.5 Å². The minimum atomic E-state index is -0.600. The summed E-state index contributed by atoms with van der Waals surface area (Å²) in [5, 5.41) is 3.51. The molecule has 5 nitrogen and oxygen atoms in total. The van der Waals surface area contributed by atoms with Gasteiger partial charge in [0.1, 0.15) is 11.7 Å². The van der Waals surface area contributed by atoms with Crippen molar-refractivity contribution in [2.75, 3.05) is 13.7 Å². The van der Waals surface area contributed by atoms with Gasteiger partial charge in [-0.15, -0.1) is 0 Å². The molecule has 0 amide bonds. The van der Waals surface area contributed by atoms with Gasteiger partial charge in [-0.25, -0.2) is 4.99 Å². The molecule has 2 unspecified atom stereocenters. The Morgan fingerprint density at radius 1 is 1.15 bits per heavy atom. The number of aliphatic imine (C=N–C) groups is 1. The Labute approximate surface area is 158 Å². The average Bonchev–Trinajstić information content (AvgIpc) is 2.68. The SMILES string of the molecule is CCOC(=O)C1C(c2ccccc2)=NC(=S)NC1c1ccc(OC)cc1. The number of nitrogens with one attached hydrogen (secondary N) is 1. The summed E-state index contributed by atoms with van der Waals surface area (Å²) in [6.07, 6.45) is 0. The van der Waals surface area contributed by atoms with Crippen molar-refractivity contribution in [3.05, 3.63) is 65.7 Å². The van der Waals surface area contributed by atoms with Gasteiger partial charge in [-0.2, -0.15) is 0 Å². The topological polar surface area (TPSA) is 59.9 Å². The number of nitrogens with zero attached hydrogens (tertiary/aromatic N) is 1. The Morgan fingerprint density at radius 3 is 2.46 bits per heavy atom. The lowest BCUT2D eigenvalue weighted by Crippen LogP contribution is -2.45. The van der Waals surface area contributed by atoms with Crippen molar-refractivity contribution in [1.29, 1.82) is 0 Å². The van der Waals surface area contributed by atoms with Gasteiger partial charge in [-0.05, 0) is 42.4 Å². The molecule has 0 bridgehead atoms. The number of hydrogen-bond donors (Lipinski definition) is 1. The van der Waals surface area contributed by atoms with Crippen LogP contribution >= 0.6 is 12.2 Å². The summed E-state index contributed by atoms with van der Waals surface area (Å²) >= 11 is 5.34. The Balaban J connectivity index is 2.06. The van der Waals surface area contributed by atoms with Crippen LogP contribution in [0.5, 0.6) is 5.75 Å². The highest BCUT2D eigenvalue weighted by Crippen LogP contribution is 2.31. The normalized spacial score (nSPS) is 19.3. The molecular formula is C20H20N2O3S. The highest BCUT2D eigenvalue weighted by molar-refractivity contribution is 7.80. The summed E-state index contributed by atoms with van der Waals surface area (Å²) in [5.74, 6) is -0.180. The lowest BCUT2D eigenvalue weighted by Gasteiger charge is -2.32. The standard InChI is InChI=1S/C20H20N2O3S/c1-3-25-19(23)16-17(13-7-5-4-6-8-13)21-20(26)22-18(16)14-9-11-15(24-2)12-10-14/h4-12,16,18H,3H2,1-2H3,(H,22,26). The Bertz CT molecular complexity index is 819. The van der Waals surface area contributed by atoms with Gasteiger partial charge in [0.05, 0.1) is 25.5 Å². The zero-order valence-electron chi connectivity index (χ0n) is 14.6. The van der Waals surface area contributed by atoms with E-state index in [1.807, 2.05) is 54.6 Å². The van der Waals surface area contributed by atoms with Gasteiger partial charge >= 0.3 is 5.97 Å². The molecule has 1 aliphatic rings. The molecule has 2 atom stereocenters. The molecule has 0 spiro atoms. The van der Waals surface area contributed by atoms with E-state index in [9.17, 15) is 4.79 Å². The van der Waals surface area contributed by atoms with Gasteiger partial charge in [0.15, 0.2) is 5.11 Å². The molecule has 26 heavy (non-hydrogen) atoms. The first-order chi connectivity index (χ1) is 12.6. The molecule has 6 heteroatoms. The predicted molar refractivity (Wildman–Crippen MR) is 105 cm³/mol. The van der Waals surface area contributed by atoms with Crippen molar-refractivity contribution in [3.63, 3.8) is 0 Å². The molecule has 1 aliphatic heterocycles. The quantitative estimate of drug-likeness (QED) is 0.648. The van der Waals surface area contributed by atoms with Crippen LogP contribution in [0.3, 0.4) is 0 Å². The first-order valence-electron chi connectivity index (χ1n) is 8.39. The second-order valence-corrected chi connectivity index (χ2v) is 6.18. The van der Waals surface area contributed by atoms with Crippen molar-refractivity contribution in [2.45, 2.75) is 13.0 Å². The molecule has 2 aromatic carbocycles. The zero-order valence-corrected chi connectivity index (χ0v) is 15.5. The minimum absolute atomic E-state index is 0.303. The van der Waals surface area contributed by atoms with Gasteiger partial charge in [0.25, 0.3) is 0 Å². The maximum Gasteiger partial charge on any atom is 0.317 e. The van der Waals surface area contributed by atoms with Crippen molar-refractivity contribution in [1.82, 2.24) is 5.32 Å². The number of thiocarbonyl (C=S) groups is 1. The van der Waals surface area contributed by atoms with Crippen LogP contribution in [0.2, 0.25) is 0 Å². The van der Waals surface area contributed by atoms with Gasteiger partial charge < -0.3 is 14.8 Å². The molecule has 1 N–H and O–H groups in total. The third-order valence-electron chi connectivity index (χ3n) is 4.21. The lowest BCUT2D eigenvalue weighted by atomic mass is 9.84. The molecule has 0 saturated carbocycles. The van der Waals surface area contributed by atoms with E-state index in [-0.39, 0.29) is 12.0 Å². The Morgan fingerprint density at radius 2 is 1.85 bits per heavy atom. The molecule has 0 radical (unpaired) electrons. The smallest absolute Gasteiger partial charge is 0.317 e. The van der Waals surface area contributed by atoms with E-state index in [0.717, 1.165) is 16.9 Å². The maximum atomic E-state index is 12.8. The third kappa shape index (κ3) is 3.75. The van der Waals surface area contributed by atoms with Gasteiger partial charge in [0.2, 0.25) is 0 Å². The number of benzene rings is 2. The number of carbonyl (C=O) groups is 1. The van der Waals surface area contributed by atoms with Crippen LogP contribution < -0.4 is 10.1 Å². The van der Waals surface area contributed by atoms with Crippen LogP contribution in [0.25, 0.3) is 0 Å². The number of carbonyl (C=O) groups excluding carboxylic acids is 1. The summed E-state index contributed by atoms with van der Waals surface area (Å²) in [6.45, 7) is 2.09. The molecule has 0 aliphatic carbocycles. The molecule has 3 rings (SSSR count). The van der Waals surface area contributed by atoms with E-state index in [1.165, 1.54) is 0 Å². The number of hydrogen-bond acceptors (Lipinski definition) is 4. The molecule has 0 aromatic heterocycles. The number of methoxy groups -OCH3 is 1. The van der Waals surface area contributed by atoms with E-state index < -0.39 is 5.92 Å². The largest absolute Gasteiger partial charge is 0.497 e. The molecular weight excluding hydrogens is 348 g/mol. The Hall–Kier alpha value is -2.73. The van der Waals surface area contributed by atoms with Crippen LogP contribution in [0.15, 0.2) is 59.6 Å². The molecule has 0 fully saturated rings. The average molecular weight is 368 g/mol. The fourth-order valence-electron chi connectivity index (χ4n) is 3.01. The van der Waals surface area contributed by atoms with Crippen molar-refractivity contribution in [3.8, 4) is 5.75 Å². The van der Waals surface area contributed by atoms with Crippen LogP contribution in [0.4, 0.5) is 0 Å². The maximum absolute atomic E-state index is 12.8. The monoisotopic (exact) mass is 368 g/mol. The fraction of sp³-hybridized carbons (Fsp3) is 0.250. The first kappa shape index (κ1) is 18.1. The number of ether oxygens (including phenoxy) is 2. The van der Waals surface area contributed by atoms with Crippen molar-refractivity contribution < 1.29 is 14.3 Å². The zero-order chi connectivity index (χ0) is 18.5. The lowest BCUT2D eigenvalue weighted by molar-refractivity contribution is -0.146. The number of esters is 1. The molecule has 134 valence electrons. The van der Waals surface area contributed by atoms with Crippen LogP contribution in [0, 0.1) is 5.92 Å². The second-order valence-electron chi connectivity index (χ2n) is 5.79. The number of rotatable bonds is 5. The van der Waals surface area contributed by atoms with Gasteiger partial charge in [0, 0.05) is 0 Å². The Kier molecular flexibility index (Phi) is 5.63. The summed E-state index contributed by atoms with van der Waals surface area (Å²) in [6, 6.07) is 16.8. The summed E-state index contributed by atoms with van der Waals surface area (Å²) < 4.78 is 10.6. The van der Waals surface area contributed by atoms with Crippen LogP contribution in [-0.2, 0) is 9.53 Å². The van der Waals surface area contributed by atoms with Crippen molar-refractivity contribution in [2.24, 2.45) is 10.9 Å². The summed E-state index contributed by atoms with van der Waals surface area (Å²) in [5.41, 5.74) is 2.39. The highest BCUT2D eigenvalue weighted by Gasteiger charge is 2.39. The first-order valence-corrected chi connectivity index (χ1v) is 8.80. The summed E-state index contributed by atoms with van der Waals surface area (Å²) in [7, 11) is 1.62. The predicted octanol–water partition coefficient (Wildman–Crippen LogP) is 3.29. The van der Waals surface area contributed by atoms with E-state index >= 15 is 0 Å².